The van der Waals surface area contributed by atoms with Gasteiger partial charge in [-0.25, -0.2) is 0 Å². The molecule has 2 aromatic carbocycles. The zero-order chi connectivity index (χ0) is 25.4. The number of benzene rings is 2. The summed E-state index contributed by atoms with van der Waals surface area (Å²) in [4.78, 5) is 0. The summed E-state index contributed by atoms with van der Waals surface area (Å²) in [5.74, 6) is 0.210. The molecule has 2 rings (SSSR count). The number of nitrogens with two attached hydrogens (primary N) is 1. The third kappa shape index (κ3) is 10.1. The molecule has 1 atom stereocenters. The van der Waals surface area contributed by atoms with E-state index in [0.717, 1.165) is 19.3 Å². The van der Waals surface area contributed by atoms with Crippen molar-refractivity contribution in [1.82, 2.24) is 0 Å². The molecule has 1 unspecified atom stereocenters. The Labute approximate surface area is 229 Å². The molecule has 2 aromatic rings. The molecule has 2 heteroatoms. The van der Waals surface area contributed by atoms with Crippen molar-refractivity contribution in [2.45, 2.75) is 129 Å². The van der Waals surface area contributed by atoms with E-state index in [9.17, 15) is 0 Å². The summed E-state index contributed by atoms with van der Waals surface area (Å²) in [5.41, 5.74) is 12.9. The van der Waals surface area contributed by atoms with Gasteiger partial charge in [-0.15, -0.1) is 19.0 Å². The fourth-order valence-corrected chi connectivity index (χ4v) is 5.60. The number of rotatable bonds is 19. The van der Waals surface area contributed by atoms with Crippen LogP contribution < -0.4 is 5.73 Å². The molecule has 1 nitrogen and oxygen atoms in total. The Bertz CT molecular complexity index is 816. The lowest BCUT2D eigenvalue weighted by Crippen LogP contribution is -2.38. The van der Waals surface area contributed by atoms with Crippen molar-refractivity contribution in [2.75, 3.05) is 0 Å². The Morgan fingerprint density at radius 1 is 0.722 bits per heavy atom. The Balaban J connectivity index is 0.00000648. The molecule has 0 saturated heterocycles. The standard InChI is InChI=1S/C34H53N.ClH/c1-5-9-12-18-24-32-31(30(8-4)29-22-16-15-17-23-29)25-21-26-33(32)34(35,27-19-13-10-6-2)28-20-14-11-7-3;/h8,15-17,21-23,25-26,30H,4-7,9-14,18-20,24,27-28,35H2,1-3H3;1H. The first kappa shape index (κ1) is 32.5. The molecule has 0 saturated carbocycles. The van der Waals surface area contributed by atoms with Crippen molar-refractivity contribution in [3.8, 4) is 0 Å². The summed E-state index contributed by atoms with van der Waals surface area (Å²) in [6.07, 6.45) is 20.7. The van der Waals surface area contributed by atoms with E-state index in [4.69, 9.17) is 5.73 Å². The summed E-state index contributed by atoms with van der Waals surface area (Å²) in [5, 5.41) is 0. The van der Waals surface area contributed by atoms with Crippen molar-refractivity contribution in [3.63, 3.8) is 0 Å². The second-order valence-electron chi connectivity index (χ2n) is 10.6. The minimum atomic E-state index is -0.236. The van der Waals surface area contributed by atoms with Gasteiger partial charge in [-0.3, -0.25) is 0 Å². The van der Waals surface area contributed by atoms with Crippen molar-refractivity contribution < 1.29 is 0 Å². The van der Waals surface area contributed by atoms with Crippen molar-refractivity contribution in [3.05, 3.63) is 83.4 Å². The maximum Gasteiger partial charge on any atom is 0.0412 e. The molecule has 0 aliphatic carbocycles. The summed E-state index contributed by atoms with van der Waals surface area (Å²) in [6.45, 7) is 11.1. The minimum absolute atomic E-state index is 0. The average Bonchev–Trinajstić information content (AvgIpc) is 2.89. The zero-order valence-electron chi connectivity index (χ0n) is 23.6. The maximum atomic E-state index is 7.44. The quantitative estimate of drug-likeness (QED) is 0.147. The van der Waals surface area contributed by atoms with Crippen molar-refractivity contribution in [2.24, 2.45) is 5.73 Å². The highest BCUT2D eigenvalue weighted by atomic mass is 35.5. The van der Waals surface area contributed by atoms with E-state index in [-0.39, 0.29) is 23.9 Å². The van der Waals surface area contributed by atoms with Crippen molar-refractivity contribution in [1.29, 1.82) is 0 Å². The second kappa shape index (κ2) is 18.6. The van der Waals surface area contributed by atoms with Crippen LogP contribution in [0.2, 0.25) is 0 Å². The van der Waals surface area contributed by atoms with Crippen LogP contribution in [0.4, 0.5) is 0 Å². The molecule has 0 aliphatic rings. The monoisotopic (exact) mass is 511 g/mol. The normalized spacial score (nSPS) is 12.2. The molecule has 36 heavy (non-hydrogen) atoms. The molecular formula is C34H54ClN. The molecule has 0 aromatic heterocycles. The number of unbranched alkanes of at least 4 members (excludes halogenated alkanes) is 9. The molecule has 0 amide bonds. The number of hydrogen-bond donors (Lipinski definition) is 1. The fourth-order valence-electron chi connectivity index (χ4n) is 5.60. The van der Waals surface area contributed by atoms with E-state index in [1.165, 1.54) is 99.3 Å². The SMILES string of the molecule is C=CC(c1ccccc1)c1cccc(C(N)(CCCCCC)CCCCCC)c1CCCCCC.Cl. The summed E-state index contributed by atoms with van der Waals surface area (Å²) in [6, 6.07) is 17.8. The van der Waals surface area contributed by atoms with Gasteiger partial charge < -0.3 is 5.73 Å². The van der Waals surface area contributed by atoms with Gasteiger partial charge in [0.15, 0.2) is 0 Å². The van der Waals surface area contributed by atoms with Crippen LogP contribution in [0, 0.1) is 0 Å². The summed E-state index contributed by atoms with van der Waals surface area (Å²) in [7, 11) is 0. The van der Waals surface area contributed by atoms with E-state index < -0.39 is 0 Å². The lowest BCUT2D eigenvalue weighted by atomic mass is 9.75. The minimum Gasteiger partial charge on any atom is -0.321 e. The Morgan fingerprint density at radius 2 is 1.28 bits per heavy atom. The van der Waals surface area contributed by atoms with E-state index >= 15 is 0 Å². The molecule has 0 radical (unpaired) electrons. The van der Waals surface area contributed by atoms with Gasteiger partial charge in [-0.1, -0.05) is 146 Å². The van der Waals surface area contributed by atoms with E-state index in [1.54, 1.807) is 0 Å². The van der Waals surface area contributed by atoms with Crippen LogP contribution in [0.5, 0.6) is 0 Å². The topological polar surface area (TPSA) is 26.0 Å². The predicted molar refractivity (Wildman–Crippen MR) is 163 cm³/mol. The molecule has 0 spiro atoms. The first-order valence-electron chi connectivity index (χ1n) is 14.7. The van der Waals surface area contributed by atoms with E-state index in [1.807, 2.05) is 0 Å². The van der Waals surface area contributed by atoms with Gasteiger partial charge in [-0.05, 0) is 47.9 Å². The highest BCUT2D eigenvalue weighted by molar-refractivity contribution is 5.85. The number of allylic oxidation sites excluding steroid dienone is 1. The maximum absolute atomic E-state index is 7.44. The summed E-state index contributed by atoms with van der Waals surface area (Å²) < 4.78 is 0. The predicted octanol–water partition coefficient (Wildman–Crippen LogP) is 10.6. The van der Waals surface area contributed by atoms with Crippen LogP contribution in [-0.4, -0.2) is 0 Å². The van der Waals surface area contributed by atoms with Crippen LogP contribution in [0.25, 0.3) is 0 Å². The van der Waals surface area contributed by atoms with Crippen LogP contribution in [0.1, 0.15) is 139 Å². The van der Waals surface area contributed by atoms with Crippen LogP contribution in [-0.2, 0) is 12.0 Å². The smallest absolute Gasteiger partial charge is 0.0412 e. The first-order valence-corrected chi connectivity index (χ1v) is 14.7. The largest absolute Gasteiger partial charge is 0.321 e. The highest BCUT2D eigenvalue weighted by Crippen LogP contribution is 2.38. The van der Waals surface area contributed by atoms with Crippen molar-refractivity contribution >= 4 is 12.4 Å². The van der Waals surface area contributed by atoms with Crippen LogP contribution in [0.3, 0.4) is 0 Å². The van der Waals surface area contributed by atoms with Gasteiger partial charge in [0, 0.05) is 11.5 Å². The van der Waals surface area contributed by atoms with Gasteiger partial charge >= 0.3 is 0 Å². The Morgan fingerprint density at radius 3 is 1.81 bits per heavy atom. The van der Waals surface area contributed by atoms with Gasteiger partial charge in [0.05, 0.1) is 0 Å². The Hall–Kier alpha value is -1.57. The van der Waals surface area contributed by atoms with Gasteiger partial charge in [-0.2, -0.15) is 0 Å². The third-order valence-corrected chi connectivity index (χ3v) is 7.71. The average molecular weight is 512 g/mol. The van der Waals surface area contributed by atoms with Crippen LogP contribution >= 0.6 is 12.4 Å². The molecule has 0 heterocycles. The fraction of sp³-hybridized carbons (Fsp3) is 0.588. The molecule has 0 bridgehead atoms. The number of halogens is 1. The lowest BCUT2D eigenvalue weighted by molar-refractivity contribution is 0.342. The molecule has 2 N–H and O–H groups in total. The Kier molecular flexibility index (Phi) is 16.8. The van der Waals surface area contributed by atoms with Gasteiger partial charge in [0.2, 0.25) is 0 Å². The van der Waals surface area contributed by atoms with Gasteiger partial charge in [0.25, 0.3) is 0 Å². The summed E-state index contributed by atoms with van der Waals surface area (Å²) >= 11 is 0. The lowest BCUT2D eigenvalue weighted by Gasteiger charge is -2.34. The molecule has 0 fully saturated rings. The first-order chi connectivity index (χ1) is 17.1. The zero-order valence-corrected chi connectivity index (χ0v) is 24.4. The highest BCUT2D eigenvalue weighted by Gasteiger charge is 2.30. The van der Waals surface area contributed by atoms with Crippen LogP contribution in [0.15, 0.2) is 61.2 Å². The molecule has 0 aliphatic heterocycles. The molecule has 202 valence electrons. The number of hydrogen-bond acceptors (Lipinski definition) is 1. The molecular weight excluding hydrogens is 458 g/mol. The van der Waals surface area contributed by atoms with E-state index in [0.29, 0.717) is 0 Å². The third-order valence-electron chi connectivity index (χ3n) is 7.71. The van der Waals surface area contributed by atoms with E-state index in [2.05, 4.69) is 82.0 Å². The van der Waals surface area contributed by atoms with Gasteiger partial charge in [0.1, 0.15) is 0 Å². The second-order valence-corrected chi connectivity index (χ2v) is 10.6.